The van der Waals surface area contributed by atoms with E-state index in [4.69, 9.17) is 4.74 Å². The molecule has 2 aromatic carbocycles. The Balaban J connectivity index is 2.36. The number of carboxylic acid groups (broad SMARTS) is 1. The Bertz CT molecular complexity index is 1000. The molecule has 1 atom stereocenters. The van der Waals surface area contributed by atoms with E-state index < -0.39 is 22.6 Å². The van der Waals surface area contributed by atoms with E-state index in [2.05, 4.69) is 4.98 Å². The highest BCUT2D eigenvalue weighted by molar-refractivity contribution is 8.00. The molecule has 148 valence electrons. The monoisotopic (exact) mass is 409 g/mol. The van der Waals surface area contributed by atoms with Crippen molar-refractivity contribution in [3.05, 3.63) is 65.4 Å². The highest BCUT2D eigenvalue weighted by Crippen LogP contribution is 2.48. The summed E-state index contributed by atoms with van der Waals surface area (Å²) in [5.41, 5.74) is -0.512. The number of hydrogen-bond donors (Lipinski definition) is 2. The number of thioether (sulfide) groups is 1. The molecule has 0 fully saturated rings. The van der Waals surface area contributed by atoms with Crippen LogP contribution in [0.1, 0.15) is 16.8 Å². The van der Waals surface area contributed by atoms with E-state index in [-0.39, 0.29) is 22.9 Å². The van der Waals surface area contributed by atoms with Gasteiger partial charge in [-0.25, -0.2) is 0 Å². The van der Waals surface area contributed by atoms with Crippen LogP contribution in [-0.2, 0) is 22.1 Å². The van der Waals surface area contributed by atoms with Crippen molar-refractivity contribution in [2.24, 2.45) is 0 Å². The largest absolute Gasteiger partial charge is 0.497 e. The standard InChI is InChI=1S/C20H18F3NO3S/c1-27-13-8-9-15-14(10-13)16(17(24-15)20(21,22)23)19(28-2,18(25)26)11-12-6-4-3-5-7-12/h3-10,24H,11H2,1-2H3,(H,25,26). The van der Waals surface area contributed by atoms with E-state index >= 15 is 0 Å². The third kappa shape index (κ3) is 3.44. The van der Waals surface area contributed by atoms with Gasteiger partial charge < -0.3 is 14.8 Å². The number of carboxylic acids is 1. The van der Waals surface area contributed by atoms with Gasteiger partial charge >= 0.3 is 12.1 Å². The van der Waals surface area contributed by atoms with Crippen molar-refractivity contribution in [3.8, 4) is 5.75 Å². The first kappa shape index (κ1) is 20.1. The number of halogens is 3. The third-order valence-corrected chi connectivity index (χ3v) is 5.90. The average Bonchev–Trinajstić information content (AvgIpc) is 3.06. The highest BCUT2D eigenvalue weighted by atomic mass is 32.2. The lowest BCUT2D eigenvalue weighted by molar-refractivity contribution is -0.144. The van der Waals surface area contributed by atoms with E-state index in [0.29, 0.717) is 11.3 Å². The molecule has 0 radical (unpaired) electrons. The van der Waals surface area contributed by atoms with Crippen molar-refractivity contribution in [1.82, 2.24) is 4.98 Å². The van der Waals surface area contributed by atoms with E-state index in [1.54, 1.807) is 30.3 Å². The fraction of sp³-hybridized carbons (Fsp3) is 0.250. The Morgan fingerprint density at radius 2 is 1.86 bits per heavy atom. The molecule has 0 saturated carbocycles. The second-order valence-electron chi connectivity index (χ2n) is 6.28. The highest BCUT2D eigenvalue weighted by Gasteiger charge is 2.49. The van der Waals surface area contributed by atoms with Gasteiger partial charge in [0.1, 0.15) is 16.2 Å². The predicted molar refractivity (Wildman–Crippen MR) is 103 cm³/mol. The number of H-pyrrole nitrogens is 1. The van der Waals surface area contributed by atoms with Gasteiger partial charge in [-0.1, -0.05) is 30.3 Å². The summed E-state index contributed by atoms with van der Waals surface area (Å²) in [5.74, 6) is -0.986. The molecule has 0 aliphatic heterocycles. The second kappa shape index (κ2) is 7.43. The number of fused-ring (bicyclic) bond motifs is 1. The lowest BCUT2D eigenvalue weighted by atomic mass is 9.88. The summed E-state index contributed by atoms with van der Waals surface area (Å²) in [7, 11) is 1.40. The minimum absolute atomic E-state index is 0.0996. The van der Waals surface area contributed by atoms with Gasteiger partial charge in [0, 0.05) is 22.9 Å². The molecule has 3 aromatic rings. The summed E-state index contributed by atoms with van der Waals surface area (Å²) in [6.45, 7) is 0. The van der Waals surface area contributed by atoms with Crippen LogP contribution in [-0.4, -0.2) is 29.4 Å². The third-order valence-electron chi connectivity index (χ3n) is 4.68. The summed E-state index contributed by atoms with van der Waals surface area (Å²) in [6, 6.07) is 13.1. The maximum absolute atomic E-state index is 13.9. The zero-order valence-corrected chi connectivity index (χ0v) is 15.9. The Hall–Kier alpha value is -2.61. The zero-order valence-electron chi connectivity index (χ0n) is 15.1. The number of alkyl halides is 3. The van der Waals surface area contributed by atoms with Crippen LogP contribution in [0.5, 0.6) is 5.75 Å². The van der Waals surface area contributed by atoms with Crippen molar-refractivity contribution >= 4 is 28.6 Å². The normalized spacial score (nSPS) is 14.0. The second-order valence-corrected chi connectivity index (χ2v) is 7.39. The van der Waals surface area contributed by atoms with E-state index in [9.17, 15) is 23.1 Å². The van der Waals surface area contributed by atoms with Gasteiger partial charge in [0.25, 0.3) is 0 Å². The van der Waals surface area contributed by atoms with Crippen LogP contribution < -0.4 is 4.74 Å². The number of benzene rings is 2. The van der Waals surface area contributed by atoms with Gasteiger partial charge in [-0.2, -0.15) is 13.2 Å². The zero-order chi connectivity index (χ0) is 20.5. The van der Waals surface area contributed by atoms with Crippen LogP contribution >= 0.6 is 11.8 Å². The SMILES string of the molecule is COc1ccc2[nH]c(C(F)(F)F)c(C(Cc3ccccc3)(SC)C(=O)O)c2c1. The van der Waals surface area contributed by atoms with E-state index in [0.717, 1.165) is 11.8 Å². The Morgan fingerprint density at radius 1 is 1.18 bits per heavy atom. The smallest absolute Gasteiger partial charge is 0.431 e. The molecule has 4 nitrogen and oxygen atoms in total. The van der Waals surface area contributed by atoms with E-state index in [1.807, 2.05) is 0 Å². The van der Waals surface area contributed by atoms with Crippen molar-refractivity contribution in [3.63, 3.8) is 0 Å². The van der Waals surface area contributed by atoms with Gasteiger partial charge in [0.2, 0.25) is 0 Å². The fourth-order valence-corrected chi connectivity index (χ4v) is 4.25. The van der Waals surface area contributed by atoms with Gasteiger partial charge in [-0.15, -0.1) is 11.8 Å². The first-order chi connectivity index (χ1) is 13.2. The molecular formula is C20H18F3NO3S. The van der Waals surface area contributed by atoms with Crippen LogP contribution in [0.15, 0.2) is 48.5 Å². The van der Waals surface area contributed by atoms with Gasteiger partial charge in [-0.3, -0.25) is 4.79 Å². The summed E-state index contributed by atoms with van der Waals surface area (Å²) < 4.78 is 44.9. The Kier molecular flexibility index (Phi) is 5.34. The minimum atomic E-state index is -4.74. The predicted octanol–water partition coefficient (Wildman–Crippen LogP) is 5.08. The van der Waals surface area contributed by atoms with Crippen molar-refractivity contribution in [2.45, 2.75) is 17.3 Å². The molecular weight excluding hydrogens is 391 g/mol. The van der Waals surface area contributed by atoms with Gasteiger partial charge in [0.15, 0.2) is 0 Å². The number of aromatic amines is 1. The lowest BCUT2D eigenvalue weighted by Gasteiger charge is -2.29. The van der Waals surface area contributed by atoms with Crippen LogP contribution in [0.25, 0.3) is 10.9 Å². The molecule has 0 saturated heterocycles. The number of ether oxygens (including phenoxy) is 1. The van der Waals surface area contributed by atoms with Crippen molar-refractivity contribution < 1.29 is 27.8 Å². The molecule has 1 heterocycles. The fourth-order valence-electron chi connectivity index (χ4n) is 3.35. The van der Waals surface area contributed by atoms with E-state index in [1.165, 1.54) is 31.6 Å². The number of aliphatic carboxylic acids is 1. The molecule has 8 heteroatoms. The number of rotatable bonds is 6. The number of carbonyl (C=O) groups is 1. The number of hydrogen-bond acceptors (Lipinski definition) is 3. The maximum atomic E-state index is 13.9. The molecule has 0 aliphatic rings. The Labute approximate surface area is 163 Å². The molecule has 1 aromatic heterocycles. The quantitative estimate of drug-likeness (QED) is 0.596. The van der Waals surface area contributed by atoms with Crippen LogP contribution in [0.2, 0.25) is 0 Å². The molecule has 0 bridgehead atoms. The molecule has 3 rings (SSSR count). The number of aromatic nitrogens is 1. The molecule has 0 aliphatic carbocycles. The van der Waals surface area contributed by atoms with Crippen LogP contribution in [0.3, 0.4) is 0 Å². The minimum Gasteiger partial charge on any atom is -0.497 e. The average molecular weight is 409 g/mol. The van der Waals surface area contributed by atoms with Crippen molar-refractivity contribution in [2.75, 3.05) is 13.4 Å². The molecule has 1 unspecified atom stereocenters. The first-order valence-electron chi connectivity index (χ1n) is 8.33. The van der Waals surface area contributed by atoms with Gasteiger partial charge in [-0.05, 0) is 30.0 Å². The summed E-state index contributed by atoms with van der Waals surface area (Å²) in [4.78, 5) is 14.8. The number of methoxy groups -OCH3 is 1. The van der Waals surface area contributed by atoms with Gasteiger partial charge in [0.05, 0.1) is 7.11 Å². The topological polar surface area (TPSA) is 62.3 Å². The molecule has 28 heavy (non-hydrogen) atoms. The summed E-state index contributed by atoms with van der Waals surface area (Å²) >= 11 is 0.876. The number of nitrogens with one attached hydrogen (secondary N) is 1. The lowest BCUT2D eigenvalue weighted by Crippen LogP contribution is -2.36. The van der Waals surface area contributed by atoms with Crippen LogP contribution in [0.4, 0.5) is 13.2 Å². The summed E-state index contributed by atoms with van der Waals surface area (Å²) in [5, 5.41) is 10.3. The molecule has 0 spiro atoms. The Morgan fingerprint density at radius 3 is 2.39 bits per heavy atom. The molecule has 0 amide bonds. The van der Waals surface area contributed by atoms with Crippen LogP contribution in [0, 0.1) is 0 Å². The first-order valence-corrected chi connectivity index (χ1v) is 9.55. The maximum Gasteiger partial charge on any atom is 0.431 e. The van der Waals surface area contributed by atoms with Crippen molar-refractivity contribution in [1.29, 1.82) is 0 Å². The summed E-state index contributed by atoms with van der Waals surface area (Å²) in [6.07, 6.45) is -3.33. The molecule has 2 N–H and O–H groups in total.